The van der Waals surface area contributed by atoms with Crippen LogP contribution in [0, 0.1) is 6.92 Å². The van der Waals surface area contributed by atoms with E-state index in [0.717, 1.165) is 43.5 Å². The first-order chi connectivity index (χ1) is 11.4. The number of nitrogens with zero attached hydrogens (tertiary/aromatic N) is 2. The van der Waals surface area contributed by atoms with Gasteiger partial charge >= 0.3 is 6.18 Å². The van der Waals surface area contributed by atoms with Crippen molar-refractivity contribution in [2.24, 2.45) is 0 Å². The minimum Gasteiger partial charge on any atom is -0.314 e. The standard InChI is InChI=1S/C18H20F3N3/c1-13-5-6-16(23-12-13)17(24-9-7-22-8-10-24)14-3-2-4-15(11-14)18(19,20)21/h2-6,11-12,17,22H,7-10H2,1H3. The van der Waals surface area contributed by atoms with Gasteiger partial charge in [0.1, 0.15) is 0 Å². The second kappa shape index (κ2) is 6.91. The number of aromatic nitrogens is 1. The Morgan fingerprint density at radius 1 is 1.12 bits per heavy atom. The Hall–Kier alpha value is -1.92. The largest absolute Gasteiger partial charge is 0.416 e. The number of nitrogens with one attached hydrogen (secondary N) is 1. The summed E-state index contributed by atoms with van der Waals surface area (Å²) in [6, 6.07) is 9.17. The first kappa shape index (κ1) is 16.9. The molecule has 1 aliphatic heterocycles. The van der Waals surface area contributed by atoms with Gasteiger partial charge in [-0.15, -0.1) is 0 Å². The highest BCUT2D eigenvalue weighted by Crippen LogP contribution is 2.34. The van der Waals surface area contributed by atoms with E-state index < -0.39 is 11.7 Å². The zero-order valence-electron chi connectivity index (χ0n) is 13.5. The van der Waals surface area contributed by atoms with Gasteiger partial charge in [-0.05, 0) is 36.2 Å². The van der Waals surface area contributed by atoms with Gasteiger partial charge in [0.15, 0.2) is 0 Å². The van der Waals surface area contributed by atoms with Gasteiger partial charge in [-0.1, -0.05) is 18.2 Å². The normalized spacial score (nSPS) is 17.7. The summed E-state index contributed by atoms with van der Waals surface area (Å²) in [4.78, 5) is 6.66. The second-order valence-electron chi connectivity index (χ2n) is 6.07. The number of hydrogen-bond acceptors (Lipinski definition) is 3. The summed E-state index contributed by atoms with van der Waals surface area (Å²) in [6.45, 7) is 5.14. The van der Waals surface area contributed by atoms with Crippen LogP contribution in [0.1, 0.15) is 28.4 Å². The zero-order chi connectivity index (χ0) is 17.2. The van der Waals surface area contributed by atoms with Crippen LogP contribution in [0.4, 0.5) is 13.2 Å². The first-order valence-electron chi connectivity index (χ1n) is 7.99. The van der Waals surface area contributed by atoms with Crippen LogP contribution in [0.5, 0.6) is 0 Å². The van der Waals surface area contributed by atoms with E-state index in [1.165, 1.54) is 12.1 Å². The van der Waals surface area contributed by atoms with E-state index in [9.17, 15) is 13.2 Å². The Bertz CT molecular complexity index is 677. The average molecular weight is 335 g/mol. The number of pyridine rings is 1. The van der Waals surface area contributed by atoms with Crippen LogP contribution in [0.3, 0.4) is 0 Å². The van der Waals surface area contributed by atoms with E-state index in [2.05, 4.69) is 15.2 Å². The molecule has 1 atom stereocenters. The third kappa shape index (κ3) is 3.76. The Labute approximate surface area is 139 Å². The number of aryl methyl sites for hydroxylation is 1. The van der Waals surface area contributed by atoms with Crippen molar-refractivity contribution >= 4 is 0 Å². The lowest BCUT2D eigenvalue weighted by molar-refractivity contribution is -0.137. The van der Waals surface area contributed by atoms with Crippen LogP contribution < -0.4 is 5.32 Å². The van der Waals surface area contributed by atoms with Crippen molar-refractivity contribution in [3.05, 3.63) is 65.0 Å². The molecule has 0 bridgehead atoms. The zero-order valence-corrected chi connectivity index (χ0v) is 13.5. The van der Waals surface area contributed by atoms with Crippen LogP contribution in [-0.4, -0.2) is 36.1 Å². The summed E-state index contributed by atoms with van der Waals surface area (Å²) in [5, 5.41) is 3.28. The third-order valence-electron chi connectivity index (χ3n) is 4.26. The SMILES string of the molecule is Cc1ccc(C(c2cccc(C(F)(F)F)c2)N2CCNCC2)nc1. The van der Waals surface area contributed by atoms with E-state index >= 15 is 0 Å². The van der Waals surface area contributed by atoms with Crippen molar-refractivity contribution < 1.29 is 13.2 Å². The summed E-state index contributed by atoms with van der Waals surface area (Å²) >= 11 is 0. The highest BCUT2D eigenvalue weighted by molar-refractivity contribution is 5.33. The molecular weight excluding hydrogens is 315 g/mol. The minimum atomic E-state index is -4.34. The van der Waals surface area contributed by atoms with Gasteiger partial charge in [0.2, 0.25) is 0 Å². The molecule has 6 heteroatoms. The molecule has 0 aliphatic carbocycles. The monoisotopic (exact) mass is 335 g/mol. The molecule has 2 aromatic rings. The molecule has 1 saturated heterocycles. The molecule has 0 saturated carbocycles. The number of hydrogen-bond donors (Lipinski definition) is 1. The Morgan fingerprint density at radius 3 is 2.50 bits per heavy atom. The van der Waals surface area contributed by atoms with Gasteiger partial charge in [0.25, 0.3) is 0 Å². The summed E-state index contributed by atoms with van der Waals surface area (Å²) in [5.41, 5.74) is 1.82. The van der Waals surface area contributed by atoms with Crippen LogP contribution in [0.15, 0.2) is 42.6 Å². The summed E-state index contributed by atoms with van der Waals surface area (Å²) in [5.74, 6) is 0. The topological polar surface area (TPSA) is 28.2 Å². The van der Waals surface area contributed by atoms with Gasteiger partial charge in [0, 0.05) is 32.4 Å². The molecular formula is C18H20F3N3. The summed E-state index contributed by atoms with van der Waals surface area (Å²) < 4.78 is 39.3. The summed E-state index contributed by atoms with van der Waals surface area (Å²) in [7, 11) is 0. The lowest BCUT2D eigenvalue weighted by Crippen LogP contribution is -2.45. The van der Waals surface area contributed by atoms with E-state index in [0.29, 0.717) is 5.56 Å². The molecule has 3 nitrogen and oxygen atoms in total. The lowest BCUT2D eigenvalue weighted by atomic mass is 9.98. The van der Waals surface area contributed by atoms with Gasteiger partial charge < -0.3 is 5.32 Å². The Morgan fingerprint density at radius 2 is 1.88 bits per heavy atom. The van der Waals surface area contributed by atoms with Crippen LogP contribution in [0.2, 0.25) is 0 Å². The number of benzene rings is 1. The molecule has 0 radical (unpaired) electrons. The van der Waals surface area contributed by atoms with E-state index in [1.54, 1.807) is 12.3 Å². The highest BCUT2D eigenvalue weighted by Gasteiger charge is 2.32. The molecule has 128 valence electrons. The fraction of sp³-hybridized carbons (Fsp3) is 0.389. The maximum absolute atomic E-state index is 13.1. The molecule has 0 amide bonds. The fourth-order valence-electron chi connectivity index (χ4n) is 3.04. The lowest BCUT2D eigenvalue weighted by Gasteiger charge is -2.35. The average Bonchev–Trinajstić information content (AvgIpc) is 2.57. The minimum absolute atomic E-state index is 0.269. The van der Waals surface area contributed by atoms with Crippen LogP contribution >= 0.6 is 0 Å². The van der Waals surface area contributed by atoms with Crippen molar-refractivity contribution in [3.8, 4) is 0 Å². The highest BCUT2D eigenvalue weighted by atomic mass is 19.4. The van der Waals surface area contributed by atoms with Crippen molar-refractivity contribution in [1.29, 1.82) is 0 Å². The van der Waals surface area contributed by atoms with Gasteiger partial charge in [-0.3, -0.25) is 9.88 Å². The number of rotatable bonds is 3. The maximum atomic E-state index is 13.1. The molecule has 2 heterocycles. The fourth-order valence-corrected chi connectivity index (χ4v) is 3.04. The van der Waals surface area contributed by atoms with E-state index in [1.807, 2.05) is 19.1 Å². The molecule has 1 aliphatic rings. The van der Waals surface area contributed by atoms with E-state index in [4.69, 9.17) is 0 Å². The van der Waals surface area contributed by atoms with Gasteiger partial charge in [-0.2, -0.15) is 13.2 Å². The molecule has 1 aromatic heterocycles. The first-order valence-corrected chi connectivity index (χ1v) is 7.99. The second-order valence-corrected chi connectivity index (χ2v) is 6.07. The number of alkyl halides is 3. The van der Waals surface area contributed by atoms with Crippen molar-refractivity contribution in [1.82, 2.24) is 15.2 Å². The Balaban J connectivity index is 2.02. The molecule has 24 heavy (non-hydrogen) atoms. The van der Waals surface area contributed by atoms with Crippen molar-refractivity contribution in [2.45, 2.75) is 19.1 Å². The number of piperazine rings is 1. The number of halogens is 3. The van der Waals surface area contributed by atoms with Gasteiger partial charge in [-0.25, -0.2) is 0 Å². The quantitative estimate of drug-likeness (QED) is 0.932. The van der Waals surface area contributed by atoms with E-state index in [-0.39, 0.29) is 6.04 Å². The smallest absolute Gasteiger partial charge is 0.314 e. The van der Waals surface area contributed by atoms with Crippen LogP contribution in [0.25, 0.3) is 0 Å². The molecule has 1 unspecified atom stereocenters. The van der Waals surface area contributed by atoms with Crippen molar-refractivity contribution in [2.75, 3.05) is 26.2 Å². The summed E-state index contributed by atoms with van der Waals surface area (Å²) in [6.07, 6.45) is -2.58. The van der Waals surface area contributed by atoms with Crippen molar-refractivity contribution in [3.63, 3.8) is 0 Å². The maximum Gasteiger partial charge on any atom is 0.416 e. The van der Waals surface area contributed by atoms with Crippen LogP contribution in [-0.2, 0) is 6.18 Å². The molecule has 3 rings (SSSR count). The van der Waals surface area contributed by atoms with Gasteiger partial charge in [0.05, 0.1) is 17.3 Å². The predicted octanol–water partition coefficient (Wildman–Crippen LogP) is 3.40. The molecule has 1 aromatic carbocycles. The molecule has 1 N–H and O–H groups in total. The Kier molecular flexibility index (Phi) is 4.87. The molecule has 0 spiro atoms. The third-order valence-corrected chi connectivity index (χ3v) is 4.26. The molecule has 1 fully saturated rings. The predicted molar refractivity (Wildman–Crippen MR) is 86.7 cm³/mol.